The molecule has 0 fully saturated rings. The first kappa shape index (κ1) is 11.9. The van der Waals surface area contributed by atoms with E-state index in [0.717, 1.165) is 29.9 Å². The van der Waals surface area contributed by atoms with Crippen LogP contribution < -0.4 is 15.2 Å². The van der Waals surface area contributed by atoms with Gasteiger partial charge in [0, 0.05) is 6.04 Å². The van der Waals surface area contributed by atoms with Crippen LogP contribution in [0.5, 0.6) is 11.5 Å². The van der Waals surface area contributed by atoms with Gasteiger partial charge in [-0.1, -0.05) is 0 Å². The molecule has 0 aliphatic heterocycles. The highest BCUT2D eigenvalue weighted by molar-refractivity contribution is 5.40. The van der Waals surface area contributed by atoms with Gasteiger partial charge in [0.15, 0.2) is 0 Å². The summed E-state index contributed by atoms with van der Waals surface area (Å²) >= 11 is 0. The van der Waals surface area contributed by atoms with Gasteiger partial charge in [-0.15, -0.1) is 0 Å². The Bertz CT molecular complexity index is 310. The molecule has 0 saturated heterocycles. The first-order chi connectivity index (χ1) is 7.17. The van der Waals surface area contributed by atoms with E-state index in [1.165, 1.54) is 0 Å². The lowest BCUT2D eigenvalue weighted by molar-refractivity contribution is 0.398. The maximum absolute atomic E-state index is 5.73. The van der Waals surface area contributed by atoms with Crippen LogP contribution in [-0.4, -0.2) is 20.3 Å². The van der Waals surface area contributed by atoms with Gasteiger partial charge in [0.1, 0.15) is 11.5 Å². The molecule has 0 aliphatic rings. The molecule has 15 heavy (non-hydrogen) atoms. The molecule has 1 rings (SSSR count). The topological polar surface area (TPSA) is 44.5 Å². The van der Waals surface area contributed by atoms with Gasteiger partial charge >= 0.3 is 0 Å². The van der Waals surface area contributed by atoms with Crippen LogP contribution in [0.15, 0.2) is 18.2 Å². The zero-order valence-corrected chi connectivity index (χ0v) is 9.62. The van der Waals surface area contributed by atoms with E-state index >= 15 is 0 Å². The van der Waals surface area contributed by atoms with E-state index in [1.807, 2.05) is 25.1 Å². The maximum atomic E-state index is 5.73. The number of nitrogens with two attached hydrogens (primary N) is 1. The summed E-state index contributed by atoms with van der Waals surface area (Å²) in [7, 11) is 3.34. The summed E-state index contributed by atoms with van der Waals surface area (Å²) in [6.45, 7) is 2.01. The number of aryl methyl sites for hydroxylation is 1. The zero-order chi connectivity index (χ0) is 11.3. The third kappa shape index (κ3) is 3.44. The molecule has 0 amide bonds. The molecule has 0 unspecified atom stereocenters. The Balaban J connectivity index is 2.81. The van der Waals surface area contributed by atoms with Gasteiger partial charge in [-0.05, 0) is 43.5 Å². The molecule has 1 atom stereocenters. The number of ether oxygens (including phenoxy) is 2. The van der Waals surface area contributed by atoms with Crippen LogP contribution in [0.4, 0.5) is 0 Å². The Hall–Kier alpha value is -1.22. The molecule has 0 radical (unpaired) electrons. The van der Waals surface area contributed by atoms with E-state index in [0.29, 0.717) is 0 Å². The Morgan fingerprint density at radius 3 is 2.53 bits per heavy atom. The Morgan fingerprint density at radius 1 is 1.27 bits per heavy atom. The van der Waals surface area contributed by atoms with Crippen LogP contribution in [0.25, 0.3) is 0 Å². The molecule has 0 heterocycles. The van der Waals surface area contributed by atoms with Gasteiger partial charge in [-0.3, -0.25) is 0 Å². The quantitative estimate of drug-likeness (QED) is 0.806. The van der Waals surface area contributed by atoms with E-state index in [9.17, 15) is 0 Å². The summed E-state index contributed by atoms with van der Waals surface area (Å²) in [4.78, 5) is 0. The van der Waals surface area contributed by atoms with Gasteiger partial charge in [-0.2, -0.15) is 0 Å². The Morgan fingerprint density at radius 2 is 2.00 bits per heavy atom. The number of methoxy groups -OCH3 is 2. The number of hydrogen-bond donors (Lipinski definition) is 1. The van der Waals surface area contributed by atoms with E-state index in [1.54, 1.807) is 14.2 Å². The van der Waals surface area contributed by atoms with E-state index in [-0.39, 0.29) is 6.04 Å². The SMILES string of the molecule is COc1ccc(OC)c(CC[C@@H](C)N)c1. The second-order valence-electron chi connectivity index (χ2n) is 3.69. The zero-order valence-electron chi connectivity index (χ0n) is 9.62. The summed E-state index contributed by atoms with van der Waals surface area (Å²) < 4.78 is 10.5. The molecule has 0 aliphatic carbocycles. The van der Waals surface area contributed by atoms with Crippen molar-refractivity contribution in [1.82, 2.24) is 0 Å². The molecule has 1 aromatic carbocycles. The van der Waals surface area contributed by atoms with Crippen LogP contribution in [0.2, 0.25) is 0 Å². The minimum absolute atomic E-state index is 0.209. The van der Waals surface area contributed by atoms with Gasteiger partial charge in [0.25, 0.3) is 0 Å². The molecular formula is C12H19NO2. The largest absolute Gasteiger partial charge is 0.497 e. The van der Waals surface area contributed by atoms with Crippen LogP contribution in [0.3, 0.4) is 0 Å². The number of hydrogen-bond acceptors (Lipinski definition) is 3. The van der Waals surface area contributed by atoms with Gasteiger partial charge in [-0.25, -0.2) is 0 Å². The average molecular weight is 209 g/mol. The summed E-state index contributed by atoms with van der Waals surface area (Å²) in [5.74, 6) is 1.76. The third-order valence-corrected chi connectivity index (χ3v) is 2.36. The minimum atomic E-state index is 0.209. The molecule has 0 aromatic heterocycles. The first-order valence-electron chi connectivity index (χ1n) is 5.14. The molecule has 0 bridgehead atoms. The lowest BCUT2D eigenvalue weighted by Gasteiger charge is -2.11. The standard InChI is InChI=1S/C12H19NO2/c1-9(13)4-5-10-8-11(14-2)6-7-12(10)15-3/h6-9H,4-5,13H2,1-3H3/t9-/m1/s1. The predicted octanol–water partition coefficient (Wildman–Crippen LogP) is 1.98. The molecular weight excluding hydrogens is 190 g/mol. The van der Waals surface area contributed by atoms with Gasteiger partial charge < -0.3 is 15.2 Å². The van der Waals surface area contributed by atoms with Gasteiger partial charge in [0.2, 0.25) is 0 Å². The van der Waals surface area contributed by atoms with Crippen molar-refractivity contribution >= 4 is 0 Å². The van der Waals surface area contributed by atoms with Gasteiger partial charge in [0.05, 0.1) is 14.2 Å². The fraction of sp³-hybridized carbons (Fsp3) is 0.500. The van der Waals surface area contributed by atoms with Crippen LogP contribution >= 0.6 is 0 Å². The van der Waals surface area contributed by atoms with Crippen LogP contribution in [0, 0.1) is 0 Å². The van der Waals surface area contributed by atoms with Crippen molar-refractivity contribution in [2.45, 2.75) is 25.8 Å². The Kier molecular flexibility index (Phi) is 4.43. The minimum Gasteiger partial charge on any atom is -0.497 e. The maximum Gasteiger partial charge on any atom is 0.122 e. The monoisotopic (exact) mass is 209 g/mol. The molecule has 0 spiro atoms. The molecule has 3 heteroatoms. The third-order valence-electron chi connectivity index (χ3n) is 2.36. The fourth-order valence-corrected chi connectivity index (χ4v) is 1.46. The average Bonchev–Trinajstić information content (AvgIpc) is 2.25. The second-order valence-corrected chi connectivity index (χ2v) is 3.69. The highest BCUT2D eigenvalue weighted by Gasteiger charge is 2.05. The molecule has 0 saturated carbocycles. The molecule has 1 aromatic rings. The lowest BCUT2D eigenvalue weighted by Crippen LogP contribution is -2.15. The highest BCUT2D eigenvalue weighted by Crippen LogP contribution is 2.25. The summed E-state index contributed by atoms with van der Waals surface area (Å²) in [6, 6.07) is 6.03. The van der Waals surface area contributed by atoms with Crippen molar-refractivity contribution in [2.75, 3.05) is 14.2 Å². The van der Waals surface area contributed by atoms with Crippen molar-refractivity contribution in [1.29, 1.82) is 0 Å². The van der Waals surface area contributed by atoms with E-state index in [4.69, 9.17) is 15.2 Å². The van der Waals surface area contributed by atoms with E-state index in [2.05, 4.69) is 0 Å². The molecule has 84 valence electrons. The summed E-state index contributed by atoms with van der Waals surface area (Å²) in [5.41, 5.74) is 6.88. The van der Waals surface area contributed by atoms with Crippen molar-refractivity contribution in [2.24, 2.45) is 5.73 Å². The second kappa shape index (κ2) is 5.61. The first-order valence-corrected chi connectivity index (χ1v) is 5.14. The smallest absolute Gasteiger partial charge is 0.122 e. The predicted molar refractivity (Wildman–Crippen MR) is 61.5 cm³/mol. The van der Waals surface area contributed by atoms with E-state index < -0.39 is 0 Å². The van der Waals surface area contributed by atoms with Crippen molar-refractivity contribution in [3.8, 4) is 11.5 Å². The van der Waals surface area contributed by atoms with Crippen LogP contribution in [-0.2, 0) is 6.42 Å². The number of rotatable bonds is 5. The highest BCUT2D eigenvalue weighted by atomic mass is 16.5. The Labute approximate surface area is 91.2 Å². The van der Waals surface area contributed by atoms with Crippen molar-refractivity contribution in [3.05, 3.63) is 23.8 Å². The normalized spacial score (nSPS) is 12.3. The molecule has 3 nitrogen and oxygen atoms in total. The van der Waals surface area contributed by atoms with Crippen molar-refractivity contribution in [3.63, 3.8) is 0 Å². The molecule has 2 N–H and O–H groups in total. The lowest BCUT2D eigenvalue weighted by atomic mass is 10.1. The van der Waals surface area contributed by atoms with Crippen molar-refractivity contribution < 1.29 is 9.47 Å². The summed E-state index contributed by atoms with van der Waals surface area (Å²) in [5, 5.41) is 0. The number of benzene rings is 1. The fourth-order valence-electron chi connectivity index (χ4n) is 1.46. The van der Waals surface area contributed by atoms with Crippen LogP contribution in [0.1, 0.15) is 18.9 Å². The summed E-state index contributed by atoms with van der Waals surface area (Å²) in [6.07, 6.45) is 1.86.